The molecule has 94 valence electrons. The van der Waals surface area contributed by atoms with Crippen molar-refractivity contribution in [2.45, 2.75) is 32.7 Å². The molecule has 4 N–H and O–H groups in total. The Bertz CT molecular complexity index is 219. The van der Waals surface area contributed by atoms with Crippen molar-refractivity contribution >= 4 is 12.0 Å². The third-order valence-electron chi connectivity index (χ3n) is 1.80. The number of primary amides is 1. The van der Waals surface area contributed by atoms with E-state index in [-0.39, 0.29) is 12.5 Å². The molecule has 0 spiro atoms. The number of ether oxygens (including phenoxy) is 1. The average molecular weight is 231 g/mol. The lowest BCUT2D eigenvalue weighted by Crippen LogP contribution is -2.30. The smallest absolute Gasteiger partial charge is 0.404 e. The minimum Gasteiger partial charge on any atom is -0.448 e. The third kappa shape index (κ3) is 10.8. The maximum Gasteiger partial charge on any atom is 0.404 e. The molecule has 0 aliphatic carbocycles. The summed E-state index contributed by atoms with van der Waals surface area (Å²) in [6, 6.07) is 0.437. The van der Waals surface area contributed by atoms with E-state index in [1.807, 2.05) is 0 Å². The fourth-order valence-corrected chi connectivity index (χ4v) is 1.07. The van der Waals surface area contributed by atoms with E-state index in [1.165, 1.54) is 0 Å². The van der Waals surface area contributed by atoms with Crippen molar-refractivity contribution in [3.8, 4) is 0 Å². The lowest BCUT2D eigenvalue weighted by atomic mass is 10.3. The number of rotatable bonds is 8. The molecule has 0 unspecified atom stereocenters. The number of hydrogen-bond acceptors (Lipinski definition) is 4. The second kappa shape index (κ2) is 8.96. The summed E-state index contributed by atoms with van der Waals surface area (Å²) in [4.78, 5) is 21.4. The summed E-state index contributed by atoms with van der Waals surface area (Å²) in [5.74, 6) is -0.0429. The van der Waals surface area contributed by atoms with Crippen molar-refractivity contribution in [3.05, 3.63) is 0 Å². The van der Waals surface area contributed by atoms with E-state index in [9.17, 15) is 9.59 Å². The van der Waals surface area contributed by atoms with Crippen molar-refractivity contribution in [2.24, 2.45) is 5.73 Å². The number of hydrogen-bond donors (Lipinski definition) is 3. The Kier molecular flexibility index (Phi) is 8.24. The average Bonchev–Trinajstić information content (AvgIpc) is 2.19. The molecule has 0 rings (SSSR count). The normalized spacial score (nSPS) is 10.2. The fourth-order valence-electron chi connectivity index (χ4n) is 1.07. The van der Waals surface area contributed by atoms with Crippen molar-refractivity contribution in [3.63, 3.8) is 0 Å². The summed E-state index contributed by atoms with van der Waals surface area (Å²) in [5.41, 5.74) is 4.75. The molecular formula is C10H21N3O3. The molecular weight excluding hydrogens is 210 g/mol. The largest absolute Gasteiger partial charge is 0.448 e. The Balaban J connectivity index is 3.28. The highest BCUT2D eigenvalue weighted by Crippen LogP contribution is 1.88. The van der Waals surface area contributed by atoms with Gasteiger partial charge in [0.05, 0.1) is 6.54 Å². The van der Waals surface area contributed by atoms with E-state index >= 15 is 0 Å². The lowest BCUT2D eigenvalue weighted by molar-refractivity contribution is -0.121. The topological polar surface area (TPSA) is 93.4 Å². The summed E-state index contributed by atoms with van der Waals surface area (Å²) in [6.07, 6.45) is 0.437. The molecule has 0 aliphatic heterocycles. The Labute approximate surface area is 95.9 Å². The molecule has 0 aromatic rings. The van der Waals surface area contributed by atoms with Gasteiger partial charge >= 0.3 is 6.09 Å². The second-order valence-corrected chi connectivity index (χ2v) is 3.73. The van der Waals surface area contributed by atoms with Crippen LogP contribution < -0.4 is 16.4 Å². The van der Waals surface area contributed by atoms with Crippen molar-refractivity contribution in [1.82, 2.24) is 10.6 Å². The summed E-state index contributed by atoms with van der Waals surface area (Å²) >= 11 is 0. The van der Waals surface area contributed by atoms with Gasteiger partial charge in [-0.1, -0.05) is 13.8 Å². The van der Waals surface area contributed by atoms with E-state index in [2.05, 4.69) is 29.2 Å². The van der Waals surface area contributed by atoms with Crippen molar-refractivity contribution in [1.29, 1.82) is 0 Å². The van der Waals surface area contributed by atoms with Gasteiger partial charge in [-0.05, 0) is 13.0 Å². The Morgan fingerprint density at radius 3 is 2.56 bits per heavy atom. The van der Waals surface area contributed by atoms with Gasteiger partial charge in [-0.15, -0.1) is 0 Å². The van der Waals surface area contributed by atoms with Crippen LogP contribution in [0.5, 0.6) is 0 Å². The van der Waals surface area contributed by atoms with Crippen LogP contribution in [-0.2, 0) is 9.53 Å². The zero-order valence-electron chi connectivity index (χ0n) is 9.91. The number of carbonyl (C=O) groups excluding carboxylic acids is 2. The van der Waals surface area contributed by atoms with E-state index in [1.54, 1.807) is 0 Å². The van der Waals surface area contributed by atoms with Crippen LogP contribution in [-0.4, -0.2) is 37.7 Å². The maximum absolute atomic E-state index is 11.2. The Hall–Kier alpha value is -1.30. The molecule has 0 radical (unpaired) electrons. The Morgan fingerprint density at radius 1 is 1.31 bits per heavy atom. The summed E-state index contributed by atoms with van der Waals surface area (Å²) in [6.45, 7) is 5.36. The predicted octanol–water partition coefficient (Wildman–Crippen LogP) is -0.0239. The first-order chi connectivity index (χ1) is 7.52. The third-order valence-corrected chi connectivity index (χ3v) is 1.80. The quantitative estimate of drug-likeness (QED) is 0.512. The minimum absolute atomic E-state index is 0.0429. The molecule has 0 fully saturated rings. The number of carbonyl (C=O) groups is 2. The lowest BCUT2D eigenvalue weighted by Gasteiger charge is -2.08. The van der Waals surface area contributed by atoms with Gasteiger partial charge in [0.15, 0.2) is 0 Å². The first-order valence-electron chi connectivity index (χ1n) is 5.44. The van der Waals surface area contributed by atoms with Gasteiger partial charge in [0.25, 0.3) is 0 Å². The standard InChI is InChI=1S/C10H21N3O3/c1-8(2)12-5-3-4-9(14)13-6-7-16-10(11)15/h8,12H,3-7H2,1-2H3,(H2,11,15)(H,13,14). The van der Waals surface area contributed by atoms with Crippen LogP contribution in [0, 0.1) is 0 Å². The van der Waals surface area contributed by atoms with E-state index in [4.69, 9.17) is 5.73 Å². The van der Waals surface area contributed by atoms with Crippen LogP contribution in [0.1, 0.15) is 26.7 Å². The number of amides is 2. The predicted molar refractivity (Wildman–Crippen MR) is 60.9 cm³/mol. The summed E-state index contributed by atoms with van der Waals surface area (Å²) < 4.78 is 4.46. The van der Waals surface area contributed by atoms with Gasteiger partial charge in [-0.2, -0.15) is 0 Å². The molecule has 0 aromatic heterocycles. The highest BCUT2D eigenvalue weighted by Gasteiger charge is 2.01. The van der Waals surface area contributed by atoms with Gasteiger partial charge in [0.2, 0.25) is 5.91 Å². The van der Waals surface area contributed by atoms with Gasteiger partial charge < -0.3 is 21.1 Å². The summed E-state index contributed by atoms with van der Waals surface area (Å²) in [7, 11) is 0. The molecule has 2 amide bonds. The molecule has 0 saturated heterocycles. The second-order valence-electron chi connectivity index (χ2n) is 3.73. The molecule has 0 saturated carbocycles. The highest BCUT2D eigenvalue weighted by molar-refractivity contribution is 5.75. The SMILES string of the molecule is CC(C)NCCCC(=O)NCCOC(N)=O. The molecule has 0 aliphatic rings. The molecule has 0 aromatic carbocycles. The molecule has 6 nitrogen and oxygen atoms in total. The maximum atomic E-state index is 11.2. The molecule has 0 bridgehead atoms. The molecule has 16 heavy (non-hydrogen) atoms. The van der Waals surface area contributed by atoms with E-state index in [0.717, 1.165) is 13.0 Å². The molecule has 0 heterocycles. The van der Waals surface area contributed by atoms with Crippen molar-refractivity contribution in [2.75, 3.05) is 19.7 Å². The first kappa shape index (κ1) is 14.7. The van der Waals surface area contributed by atoms with Crippen LogP contribution in [0.2, 0.25) is 0 Å². The van der Waals surface area contributed by atoms with Crippen LogP contribution in [0.15, 0.2) is 0 Å². The number of nitrogens with two attached hydrogens (primary N) is 1. The van der Waals surface area contributed by atoms with Crippen LogP contribution >= 0.6 is 0 Å². The zero-order chi connectivity index (χ0) is 12.4. The van der Waals surface area contributed by atoms with Gasteiger partial charge in [-0.3, -0.25) is 4.79 Å². The monoisotopic (exact) mass is 231 g/mol. The van der Waals surface area contributed by atoms with Crippen molar-refractivity contribution < 1.29 is 14.3 Å². The molecule has 6 heteroatoms. The first-order valence-corrected chi connectivity index (χ1v) is 5.44. The summed E-state index contributed by atoms with van der Waals surface area (Å²) in [5, 5.41) is 5.84. The minimum atomic E-state index is -0.824. The van der Waals surface area contributed by atoms with E-state index in [0.29, 0.717) is 19.0 Å². The van der Waals surface area contributed by atoms with Crippen LogP contribution in [0.3, 0.4) is 0 Å². The fraction of sp³-hybridized carbons (Fsp3) is 0.800. The van der Waals surface area contributed by atoms with Crippen LogP contribution in [0.25, 0.3) is 0 Å². The van der Waals surface area contributed by atoms with Crippen LogP contribution in [0.4, 0.5) is 4.79 Å². The zero-order valence-corrected chi connectivity index (χ0v) is 9.91. The van der Waals surface area contributed by atoms with Gasteiger partial charge in [0, 0.05) is 12.5 Å². The molecule has 0 atom stereocenters. The number of nitrogens with one attached hydrogen (secondary N) is 2. The van der Waals surface area contributed by atoms with Gasteiger partial charge in [0.1, 0.15) is 6.61 Å². The van der Waals surface area contributed by atoms with Gasteiger partial charge in [-0.25, -0.2) is 4.79 Å². The van der Waals surface area contributed by atoms with E-state index < -0.39 is 6.09 Å². The Morgan fingerprint density at radius 2 is 2.00 bits per heavy atom. The highest BCUT2D eigenvalue weighted by atomic mass is 16.5.